The van der Waals surface area contributed by atoms with Gasteiger partial charge < -0.3 is 9.80 Å². The van der Waals surface area contributed by atoms with Crippen molar-refractivity contribution in [2.45, 2.75) is 36.6 Å². The number of hydrogen-bond acceptors (Lipinski definition) is 7. The molecule has 1 saturated heterocycles. The van der Waals surface area contributed by atoms with Crippen LogP contribution in [0.5, 0.6) is 0 Å². The van der Waals surface area contributed by atoms with Crippen LogP contribution in [0.4, 0.5) is 0 Å². The Bertz CT molecular complexity index is 1240. The van der Waals surface area contributed by atoms with Crippen LogP contribution in [0.1, 0.15) is 25.7 Å². The maximum Gasteiger partial charge on any atom is 0.178 e. The van der Waals surface area contributed by atoms with Gasteiger partial charge in [-0.3, -0.25) is 9.79 Å². The van der Waals surface area contributed by atoms with Crippen LogP contribution in [-0.4, -0.2) is 60.6 Å². The molecule has 0 bridgehead atoms. The van der Waals surface area contributed by atoms with Gasteiger partial charge in [0.1, 0.15) is 0 Å². The largest absolute Gasteiger partial charge is 0.355 e. The van der Waals surface area contributed by atoms with Crippen molar-refractivity contribution in [3.8, 4) is 0 Å². The molecule has 3 aliphatic rings. The van der Waals surface area contributed by atoms with Crippen molar-refractivity contribution < 1.29 is 13.2 Å². The number of carbonyl (C=O) groups is 1. The van der Waals surface area contributed by atoms with Crippen LogP contribution >= 0.6 is 23.4 Å². The number of Topliss-reactive ketones (excluding diaryl/α,β-unsaturated/α-hetero) is 1. The van der Waals surface area contributed by atoms with Crippen LogP contribution in [0.25, 0.3) is 10.8 Å². The van der Waals surface area contributed by atoms with Crippen LogP contribution < -0.4 is 0 Å². The molecule has 5 rings (SSSR count). The maximum atomic E-state index is 13.1. The van der Waals surface area contributed by atoms with Crippen molar-refractivity contribution in [2.24, 2.45) is 4.99 Å². The first-order valence-corrected chi connectivity index (χ1v) is 13.7. The first kappa shape index (κ1) is 21.8. The predicted octanol–water partition coefficient (Wildman–Crippen LogP) is 4.30. The fourth-order valence-corrected chi connectivity index (χ4v) is 7.06. The predicted molar refractivity (Wildman–Crippen MR) is 130 cm³/mol. The third kappa shape index (κ3) is 4.28. The highest BCUT2D eigenvalue weighted by molar-refractivity contribution is 8.17. The van der Waals surface area contributed by atoms with Gasteiger partial charge in [0.25, 0.3) is 0 Å². The smallest absolute Gasteiger partial charge is 0.178 e. The van der Waals surface area contributed by atoms with Gasteiger partial charge in [-0.25, -0.2) is 8.42 Å². The Morgan fingerprint density at radius 3 is 2.78 bits per heavy atom. The maximum absolute atomic E-state index is 13.1. The Balaban J connectivity index is 1.28. The minimum atomic E-state index is -3.56. The summed E-state index contributed by atoms with van der Waals surface area (Å²) in [7, 11) is -3.56. The van der Waals surface area contributed by atoms with Crippen LogP contribution in [-0.2, 0) is 14.6 Å². The average Bonchev–Trinajstić information content (AvgIpc) is 3.39. The van der Waals surface area contributed by atoms with Gasteiger partial charge in [0.2, 0.25) is 0 Å². The van der Waals surface area contributed by atoms with Gasteiger partial charge in [0, 0.05) is 30.7 Å². The Morgan fingerprint density at radius 2 is 1.94 bits per heavy atom. The van der Waals surface area contributed by atoms with Gasteiger partial charge >= 0.3 is 0 Å². The zero-order chi connectivity index (χ0) is 22.3. The molecule has 0 spiro atoms. The summed E-state index contributed by atoms with van der Waals surface area (Å²) in [6, 6.07) is 10.1. The summed E-state index contributed by atoms with van der Waals surface area (Å²) in [5.41, 5.74) is 0. The van der Waals surface area contributed by atoms with Crippen molar-refractivity contribution in [1.82, 2.24) is 9.80 Å². The Labute approximate surface area is 197 Å². The van der Waals surface area contributed by atoms with Crippen molar-refractivity contribution in [3.63, 3.8) is 0 Å². The van der Waals surface area contributed by atoms with E-state index in [2.05, 4.69) is 21.0 Å². The van der Waals surface area contributed by atoms with E-state index < -0.39 is 9.84 Å². The molecule has 1 fully saturated rings. The third-order valence-electron chi connectivity index (χ3n) is 6.20. The van der Waals surface area contributed by atoms with Gasteiger partial charge in [-0.1, -0.05) is 23.7 Å². The Hall–Kier alpha value is -2.03. The summed E-state index contributed by atoms with van der Waals surface area (Å²) in [5.74, 6) is -0.184. The van der Waals surface area contributed by atoms with E-state index in [1.807, 2.05) is 6.07 Å². The lowest BCUT2D eigenvalue weighted by Crippen LogP contribution is -2.43. The minimum Gasteiger partial charge on any atom is -0.355 e. The van der Waals surface area contributed by atoms with Crippen molar-refractivity contribution in [2.75, 3.05) is 25.4 Å². The number of likely N-dealkylation sites (tertiary alicyclic amines) is 1. The highest BCUT2D eigenvalue weighted by Crippen LogP contribution is 2.37. The zero-order valence-corrected chi connectivity index (χ0v) is 19.9. The van der Waals surface area contributed by atoms with Crippen molar-refractivity contribution in [3.05, 3.63) is 52.6 Å². The molecular formula is C23H24ClN3O3S2. The van der Waals surface area contributed by atoms with E-state index in [0.717, 1.165) is 59.9 Å². The highest BCUT2D eigenvalue weighted by Gasteiger charge is 2.35. The molecule has 1 unspecified atom stereocenters. The number of nitrogens with zero attached hydrogens (tertiary/aromatic N) is 3. The first-order chi connectivity index (χ1) is 15.4. The van der Waals surface area contributed by atoms with Gasteiger partial charge in [-0.15, -0.1) is 0 Å². The lowest BCUT2D eigenvalue weighted by atomic mass is 9.97. The van der Waals surface area contributed by atoms with Crippen molar-refractivity contribution in [1.29, 1.82) is 0 Å². The van der Waals surface area contributed by atoms with Gasteiger partial charge in [-0.05, 0) is 66.1 Å². The number of fused-ring (bicyclic) bond motifs is 2. The van der Waals surface area contributed by atoms with Gasteiger partial charge in [0.15, 0.2) is 20.8 Å². The van der Waals surface area contributed by atoms with E-state index in [1.165, 1.54) is 0 Å². The molecule has 168 valence electrons. The monoisotopic (exact) mass is 489 g/mol. The number of halogens is 1. The van der Waals surface area contributed by atoms with E-state index in [0.29, 0.717) is 5.02 Å². The normalized spacial score (nSPS) is 21.0. The number of benzene rings is 2. The summed E-state index contributed by atoms with van der Waals surface area (Å²) in [6.45, 7) is 2.51. The molecule has 0 N–H and O–H groups in total. The zero-order valence-electron chi connectivity index (χ0n) is 17.5. The summed E-state index contributed by atoms with van der Waals surface area (Å²) in [4.78, 5) is 22.2. The molecule has 0 saturated carbocycles. The molecule has 2 aromatic carbocycles. The molecule has 2 aromatic rings. The number of thioether (sulfide) groups is 1. The number of carbonyl (C=O) groups excluding carboxylic acids is 1. The fraction of sp³-hybridized carbons (Fsp3) is 0.391. The van der Waals surface area contributed by atoms with E-state index in [9.17, 15) is 13.2 Å². The minimum absolute atomic E-state index is 0.00338. The van der Waals surface area contributed by atoms with E-state index in [1.54, 1.807) is 42.1 Å². The number of piperidine rings is 1. The number of sulfone groups is 1. The molecule has 1 atom stereocenters. The average molecular weight is 490 g/mol. The molecule has 0 amide bonds. The number of hydrogen-bond donors (Lipinski definition) is 0. The van der Waals surface area contributed by atoms with Gasteiger partial charge in [-0.2, -0.15) is 0 Å². The van der Waals surface area contributed by atoms with E-state index >= 15 is 0 Å². The first-order valence-electron chi connectivity index (χ1n) is 10.8. The fourth-order valence-electron chi connectivity index (χ4n) is 4.47. The molecule has 0 aliphatic carbocycles. The summed E-state index contributed by atoms with van der Waals surface area (Å²) >= 11 is 7.63. The molecular weight excluding hydrogens is 466 g/mol. The number of aliphatic imine (C=N–C) groups is 1. The summed E-state index contributed by atoms with van der Waals surface area (Å²) in [6.07, 6.45) is 4.88. The van der Waals surface area contributed by atoms with Gasteiger partial charge in [0.05, 0.1) is 28.3 Å². The third-order valence-corrected chi connectivity index (χ3v) is 9.25. The summed E-state index contributed by atoms with van der Waals surface area (Å²) < 4.78 is 25.9. The Kier molecular flexibility index (Phi) is 5.94. The number of ketones is 1. The quantitative estimate of drug-likeness (QED) is 0.602. The van der Waals surface area contributed by atoms with E-state index in [-0.39, 0.29) is 28.9 Å². The molecule has 9 heteroatoms. The lowest BCUT2D eigenvalue weighted by molar-refractivity contribution is -0.124. The topological polar surface area (TPSA) is 70.1 Å². The molecule has 6 nitrogen and oxygen atoms in total. The van der Waals surface area contributed by atoms with Crippen LogP contribution in [0, 0.1) is 0 Å². The highest BCUT2D eigenvalue weighted by atomic mass is 35.5. The number of amidine groups is 1. The molecule has 3 aliphatic heterocycles. The van der Waals surface area contributed by atoms with Crippen molar-refractivity contribution >= 4 is 54.9 Å². The second-order valence-corrected chi connectivity index (χ2v) is 11.9. The van der Waals surface area contributed by atoms with E-state index in [4.69, 9.17) is 11.6 Å². The summed E-state index contributed by atoms with van der Waals surface area (Å²) in [5, 5.41) is 4.36. The van der Waals surface area contributed by atoms with Crippen LogP contribution in [0.15, 0.2) is 57.5 Å². The molecule has 0 aromatic heterocycles. The number of rotatable bonds is 6. The molecule has 32 heavy (non-hydrogen) atoms. The second kappa shape index (κ2) is 8.72. The molecule has 0 radical (unpaired) electrons. The lowest BCUT2D eigenvalue weighted by Gasteiger charge is -2.36. The SMILES string of the molecule is O=C(CCS(=O)(=O)c1ccc2cc(Cl)ccc2c1)C1CCCCN1C1=CN2CCN=C2S1. The Morgan fingerprint density at radius 1 is 1.12 bits per heavy atom. The van der Waals surface area contributed by atoms with Crippen LogP contribution in [0.2, 0.25) is 5.02 Å². The second-order valence-electron chi connectivity index (χ2n) is 8.32. The van der Waals surface area contributed by atoms with Crippen LogP contribution in [0.3, 0.4) is 0 Å². The standard InChI is InChI=1S/C23H24ClN3O3S2/c24-18-6-4-17-14-19(7-5-16(17)13-18)32(29,30)12-8-21(28)20-3-1-2-10-27(20)22-15-26-11-9-25-23(26)31-22/h4-7,13-15,20H,1-3,8-12H2. The molecule has 3 heterocycles.